The zero-order valence-electron chi connectivity index (χ0n) is 16.9. The number of carbonyl (C=O) groups is 3. The number of aromatic nitrogens is 3. The first-order chi connectivity index (χ1) is 16.4. The van der Waals surface area contributed by atoms with E-state index in [1.165, 1.54) is 45.1 Å². The number of nitrogens with two attached hydrogens (primary N) is 1. The highest BCUT2D eigenvalue weighted by Crippen LogP contribution is 2.41. The summed E-state index contributed by atoms with van der Waals surface area (Å²) < 4.78 is 0.692. The number of nitrogens with one attached hydrogen (secondary N) is 1. The van der Waals surface area contributed by atoms with Crippen molar-refractivity contribution in [3.05, 3.63) is 27.9 Å². The monoisotopic (exact) mass is 538 g/mol. The number of aliphatic carboxylic acids is 1. The Morgan fingerprint density at radius 1 is 1.47 bits per heavy atom. The van der Waals surface area contributed by atoms with Crippen LogP contribution in [0, 0.1) is 11.3 Å². The molecule has 1 fully saturated rings. The highest BCUT2D eigenvalue weighted by Gasteiger charge is 2.54. The largest absolute Gasteiger partial charge is 0.477 e. The molecule has 2 aliphatic rings. The van der Waals surface area contributed by atoms with E-state index in [0.717, 1.165) is 11.3 Å². The number of oxime groups is 1. The van der Waals surface area contributed by atoms with Crippen LogP contribution in [0.4, 0.5) is 5.13 Å². The third kappa shape index (κ3) is 4.84. The molecular formula is C17H14N8O5S4. The molecule has 0 aromatic carbocycles. The third-order valence-corrected chi connectivity index (χ3v) is 8.47. The summed E-state index contributed by atoms with van der Waals surface area (Å²) in [5, 5.41) is 33.4. The van der Waals surface area contributed by atoms with Crippen LogP contribution in [0.5, 0.6) is 0 Å². The van der Waals surface area contributed by atoms with Crippen molar-refractivity contribution in [1.82, 2.24) is 25.4 Å². The van der Waals surface area contributed by atoms with Gasteiger partial charge in [0, 0.05) is 16.9 Å². The van der Waals surface area contributed by atoms with E-state index in [2.05, 4.69) is 25.7 Å². The predicted molar refractivity (Wildman–Crippen MR) is 125 cm³/mol. The number of nitriles is 1. The highest BCUT2D eigenvalue weighted by molar-refractivity contribution is 8.01. The number of thioether (sulfide) groups is 2. The van der Waals surface area contributed by atoms with Crippen molar-refractivity contribution in [2.75, 3.05) is 23.8 Å². The SMILES string of the molecule is N#CCON=C(C(=O)NC1C(=O)N2C(C(=O)O)=C(CSc3nncs3)CS[C@H]12)c1csc(N)n1. The molecule has 0 aliphatic carbocycles. The standard InChI is InChI=1S/C17H14N8O5S4/c18-1-2-30-24-9(8-5-32-16(19)21-8)12(26)22-10-13(27)25-11(15(28)29)7(3-31-14(10)25)4-33-17-23-20-6-34-17/h5-6,10,14H,2-4H2,(H2,19,21)(H,22,26)(H,28,29)/t10?,14-/m1/s1. The van der Waals surface area contributed by atoms with Crippen LogP contribution in [-0.4, -0.2) is 78.2 Å². The first kappa shape index (κ1) is 23.9. The maximum atomic E-state index is 12.9. The van der Waals surface area contributed by atoms with Crippen molar-refractivity contribution < 1.29 is 24.3 Å². The van der Waals surface area contributed by atoms with E-state index >= 15 is 0 Å². The second-order valence-corrected chi connectivity index (χ2v) is 10.6. The van der Waals surface area contributed by atoms with Crippen LogP contribution in [0.15, 0.2) is 31.7 Å². The van der Waals surface area contributed by atoms with Gasteiger partial charge in [-0.05, 0) is 5.57 Å². The molecule has 1 unspecified atom stereocenters. The smallest absolute Gasteiger partial charge is 0.352 e. The number of carbonyl (C=O) groups excluding carboxylic acids is 2. The second kappa shape index (κ2) is 10.4. The van der Waals surface area contributed by atoms with Gasteiger partial charge in [-0.15, -0.1) is 33.3 Å². The Bertz CT molecular complexity index is 1220. The van der Waals surface area contributed by atoms with Crippen LogP contribution >= 0.6 is 46.2 Å². The molecule has 17 heteroatoms. The molecule has 0 saturated carbocycles. The van der Waals surface area contributed by atoms with Crippen molar-refractivity contribution in [3.63, 3.8) is 0 Å². The Morgan fingerprint density at radius 2 is 2.29 bits per heavy atom. The first-order valence-electron chi connectivity index (χ1n) is 9.28. The number of carboxylic acids is 1. The minimum absolute atomic E-state index is 0.0882. The van der Waals surface area contributed by atoms with Crippen LogP contribution in [0.3, 0.4) is 0 Å². The number of anilines is 1. The Kier molecular flexibility index (Phi) is 7.31. The minimum atomic E-state index is -1.22. The molecule has 1 saturated heterocycles. The number of thiazole rings is 1. The number of hydrogen-bond donors (Lipinski definition) is 3. The number of fused-ring (bicyclic) bond motifs is 1. The summed E-state index contributed by atoms with van der Waals surface area (Å²) >= 11 is 5.10. The lowest BCUT2D eigenvalue weighted by atomic mass is 10.0. The molecule has 0 bridgehead atoms. The number of hydrogen-bond acceptors (Lipinski definition) is 14. The molecule has 4 N–H and O–H groups in total. The van der Waals surface area contributed by atoms with Gasteiger partial charge in [-0.3, -0.25) is 14.5 Å². The van der Waals surface area contributed by atoms with Gasteiger partial charge in [0.1, 0.15) is 34.4 Å². The summed E-state index contributed by atoms with van der Waals surface area (Å²) in [5.41, 5.74) is 7.57. The summed E-state index contributed by atoms with van der Waals surface area (Å²) in [6.07, 6.45) is 0. The van der Waals surface area contributed by atoms with Gasteiger partial charge < -0.3 is 21.0 Å². The lowest BCUT2D eigenvalue weighted by Crippen LogP contribution is -2.71. The fraction of sp³-hybridized carbons (Fsp3) is 0.294. The predicted octanol–water partition coefficient (Wildman–Crippen LogP) is 0.352. The van der Waals surface area contributed by atoms with Crippen LogP contribution in [-0.2, 0) is 19.2 Å². The fourth-order valence-electron chi connectivity index (χ4n) is 3.11. The summed E-state index contributed by atoms with van der Waals surface area (Å²) in [6, 6.07) is 0.757. The maximum absolute atomic E-state index is 12.9. The Hall–Kier alpha value is -3.20. The number of β-lactam (4-membered cyclic amide) rings is 1. The van der Waals surface area contributed by atoms with Crippen LogP contribution < -0.4 is 11.1 Å². The molecule has 176 valence electrons. The molecule has 34 heavy (non-hydrogen) atoms. The summed E-state index contributed by atoms with van der Waals surface area (Å²) in [4.78, 5) is 47.7. The second-order valence-electron chi connectivity index (χ2n) is 6.55. The van der Waals surface area contributed by atoms with E-state index in [4.69, 9.17) is 15.8 Å². The van der Waals surface area contributed by atoms with E-state index in [1.54, 1.807) is 11.6 Å². The van der Waals surface area contributed by atoms with Crippen LogP contribution in [0.25, 0.3) is 0 Å². The lowest BCUT2D eigenvalue weighted by Gasteiger charge is -2.49. The van der Waals surface area contributed by atoms with Crippen molar-refractivity contribution >= 4 is 74.8 Å². The normalized spacial score (nSPS) is 19.8. The zero-order valence-corrected chi connectivity index (χ0v) is 20.2. The molecule has 4 rings (SSSR count). The van der Waals surface area contributed by atoms with E-state index in [0.29, 0.717) is 21.4 Å². The Labute approximate surface area is 208 Å². The van der Waals surface area contributed by atoms with Gasteiger partial charge in [-0.2, -0.15) is 5.26 Å². The topological polar surface area (TPSA) is 197 Å². The van der Waals surface area contributed by atoms with Crippen molar-refractivity contribution in [1.29, 1.82) is 5.26 Å². The summed E-state index contributed by atoms with van der Waals surface area (Å²) in [7, 11) is 0. The maximum Gasteiger partial charge on any atom is 0.352 e. The highest BCUT2D eigenvalue weighted by atomic mass is 32.2. The Balaban J connectivity index is 1.49. The van der Waals surface area contributed by atoms with E-state index in [-0.39, 0.29) is 22.2 Å². The zero-order chi connectivity index (χ0) is 24.2. The third-order valence-electron chi connectivity index (χ3n) is 4.51. The van der Waals surface area contributed by atoms with Crippen LogP contribution in [0.2, 0.25) is 0 Å². The van der Waals surface area contributed by atoms with Gasteiger partial charge in [0.05, 0.1) is 0 Å². The molecule has 4 heterocycles. The molecule has 0 radical (unpaired) electrons. The van der Waals surface area contributed by atoms with E-state index < -0.39 is 35.8 Å². The summed E-state index contributed by atoms with van der Waals surface area (Å²) in [6.45, 7) is -0.393. The minimum Gasteiger partial charge on any atom is -0.477 e. The van der Waals surface area contributed by atoms with Crippen molar-refractivity contribution in [2.45, 2.75) is 15.8 Å². The van der Waals surface area contributed by atoms with E-state index in [1.807, 2.05) is 0 Å². The van der Waals surface area contributed by atoms with E-state index in [9.17, 15) is 19.5 Å². The molecule has 2 aromatic heterocycles. The number of nitrogens with zero attached hydrogens (tertiary/aromatic N) is 6. The lowest BCUT2D eigenvalue weighted by molar-refractivity contribution is -0.150. The number of rotatable bonds is 9. The van der Waals surface area contributed by atoms with Gasteiger partial charge in [-0.1, -0.05) is 28.3 Å². The molecule has 13 nitrogen and oxygen atoms in total. The molecule has 2 aromatic rings. The van der Waals surface area contributed by atoms with Gasteiger partial charge in [0.2, 0.25) is 6.61 Å². The molecule has 0 spiro atoms. The van der Waals surface area contributed by atoms with Crippen molar-refractivity contribution in [2.24, 2.45) is 5.16 Å². The van der Waals surface area contributed by atoms with Gasteiger partial charge in [0.25, 0.3) is 11.8 Å². The number of nitrogen functional groups attached to an aromatic ring is 1. The van der Waals surface area contributed by atoms with Gasteiger partial charge >= 0.3 is 5.97 Å². The van der Waals surface area contributed by atoms with Crippen molar-refractivity contribution in [3.8, 4) is 6.07 Å². The quantitative estimate of drug-likeness (QED) is 0.130. The fourth-order valence-corrected chi connectivity index (χ4v) is 6.63. The molecule has 2 amide bonds. The average Bonchev–Trinajstić information content (AvgIpc) is 3.49. The average molecular weight is 539 g/mol. The van der Waals surface area contributed by atoms with Crippen LogP contribution in [0.1, 0.15) is 5.69 Å². The van der Waals surface area contributed by atoms with Gasteiger partial charge in [0.15, 0.2) is 15.2 Å². The number of amides is 2. The molecule has 2 aliphatic heterocycles. The Morgan fingerprint density at radius 3 is 2.94 bits per heavy atom. The molecule has 2 atom stereocenters. The molecular weight excluding hydrogens is 525 g/mol. The first-order valence-corrected chi connectivity index (χ1v) is 13.1. The summed E-state index contributed by atoms with van der Waals surface area (Å²) in [5.74, 6) is -1.84. The van der Waals surface area contributed by atoms with Gasteiger partial charge in [-0.25, -0.2) is 9.78 Å². The number of carboxylic acid groups (broad SMARTS) is 1.